The Morgan fingerprint density at radius 2 is 2.10 bits per heavy atom. The third-order valence-electron chi connectivity index (χ3n) is 3.67. The first-order chi connectivity index (χ1) is 9.48. The number of hydrogen-bond acceptors (Lipinski definition) is 3. The maximum Gasteiger partial charge on any atom is 0.329 e. The van der Waals surface area contributed by atoms with Crippen LogP contribution in [0.25, 0.3) is 0 Å². The molecule has 0 radical (unpaired) electrons. The number of hydrogen-bond donors (Lipinski definition) is 3. The van der Waals surface area contributed by atoms with Gasteiger partial charge in [0.2, 0.25) is 0 Å². The zero-order valence-corrected chi connectivity index (χ0v) is 11.3. The molecule has 0 spiro atoms. The molecule has 0 aliphatic heterocycles. The maximum absolute atomic E-state index is 12.3. The van der Waals surface area contributed by atoms with Crippen LogP contribution in [0, 0.1) is 0 Å². The number of carbonyl (C=O) groups excluding carboxylic acids is 1. The fourth-order valence-electron chi connectivity index (χ4n) is 2.30. The fraction of sp³-hybridized carbons (Fsp3) is 0.429. The molecular weight excluding hydrogens is 260 g/mol. The van der Waals surface area contributed by atoms with Crippen LogP contribution < -0.4 is 10.2 Å². The van der Waals surface area contributed by atoms with E-state index in [1.165, 1.54) is 17.0 Å². The molecule has 6 heteroatoms. The summed E-state index contributed by atoms with van der Waals surface area (Å²) < 4.78 is 0. The van der Waals surface area contributed by atoms with Gasteiger partial charge in [-0.05, 0) is 38.3 Å². The molecular formula is C14H18N2O4. The minimum absolute atomic E-state index is 0.0605. The van der Waals surface area contributed by atoms with Gasteiger partial charge in [0.15, 0.2) is 0 Å². The van der Waals surface area contributed by atoms with Gasteiger partial charge in [0.05, 0.1) is 0 Å². The minimum Gasteiger partial charge on any atom is -0.508 e. The quantitative estimate of drug-likeness (QED) is 0.785. The number of carboxylic acid groups (broad SMARTS) is 1. The Kier molecular flexibility index (Phi) is 3.83. The van der Waals surface area contributed by atoms with Crippen molar-refractivity contribution >= 4 is 17.7 Å². The van der Waals surface area contributed by atoms with Gasteiger partial charge < -0.3 is 15.5 Å². The van der Waals surface area contributed by atoms with E-state index >= 15 is 0 Å². The number of carboxylic acids is 1. The first-order valence-corrected chi connectivity index (χ1v) is 6.60. The summed E-state index contributed by atoms with van der Waals surface area (Å²) in [5.41, 5.74) is -0.605. The van der Waals surface area contributed by atoms with E-state index < -0.39 is 17.5 Å². The molecule has 1 saturated carbocycles. The van der Waals surface area contributed by atoms with Crippen molar-refractivity contribution in [1.29, 1.82) is 0 Å². The molecule has 108 valence electrons. The third kappa shape index (κ3) is 2.54. The molecule has 1 aliphatic rings. The van der Waals surface area contributed by atoms with Gasteiger partial charge in [-0.3, -0.25) is 4.90 Å². The second-order valence-corrected chi connectivity index (χ2v) is 4.94. The highest BCUT2D eigenvalue weighted by atomic mass is 16.4. The van der Waals surface area contributed by atoms with E-state index in [1.807, 2.05) is 0 Å². The van der Waals surface area contributed by atoms with E-state index in [0.29, 0.717) is 25.1 Å². The number of rotatable bonds is 4. The van der Waals surface area contributed by atoms with Gasteiger partial charge in [-0.2, -0.15) is 0 Å². The van der Waals surface area contributed by atoms with E-state index in [1.54, 1.807) is 19.1 Å². The van der Waals surface area contributed by atoms with Crippen molar-refractivity contribution in [3.63, 3.8) is 0 Å². The van der Waals surface area contributed by atoms with Crippen molar-refractivity contribution in [2.45, 2.75) is 31.7 Å². The largest absolute Gasteiger partial charge is 0.508 e. The number of phenolic OH excluding ortho intramolecular Hbond substituents is 1. The Bertz CT molecular complexity index is 526. The molecule has 6 nitrogen and oxygen atoms in total. The van der Waals surface area contributed by atoms with Gasteiger partial charge in [-0.15, -0.1) is 0 Å². The molecule has 0 aromatic heterocycles. The third-order valence-corrected chi connectivity index (χ3v) is 3.67. The number of carbonyl (C=O) groups is 2. The highest BCUT2D eigenvalue weighted by molar-refractivity contribution is 5.96. The van der Waals surface area contributed by atoms with Crippen molar-refractivity contribution < 1.29 is 19.8 Å². The smallest absolute Gasteiger partial charge is 0.329 e. The molecule has 1 aromatic carbocycles. The highest BCUT2D eigenvalue weighted by Gasteiger charge is 2.46. The van der Waals surface area contributed by atoms with Gasteiger partial charge in [-0.1, -0.05) is 6.07 Å². The average Bonchev–Trinajstić information content (AvgIpc) is 2.34. The van der Waals surface area contributed by atoms with Crippen molar-refractivity contribution in [1.82, 2.24) is 5.32 Å². The summed E-state index contributed by atoms with van der Waals surface area (Å²) in [6, 6.07) is 5.85. The van der Waals surface area contributed by atoms with Crippen LogP contribution in [-0.4, -0.2) is 34.3 Å². The second kappa shape index (κ2) is 5.40. The summed E-state index contributed by atoms with van der Waals surface area (Å²) in [5, 5.41) is 21.3. The Hall–Kier alpha value is -2.24. The van der Waals surface area contributed by atoms with E-state index in [0.717, 1.165) is 6.42 Å². The van der Waals surface area contributed by atoms with Crippen LogP contribution in [0.15, 0.2) is 24.3 Å². The summed E-state index contributed by atoms with van der Waals surface area (Å²) >= 11 is 0. The van der Waals surface area contributed by atoms with Crippen LogP contribution in [0.2, 0.25) is 0 Å². The van der Waals surface area contributed by atoms with Gasteiger partial charge >= 0.3 is 12.0 Å². The molecule has 0 atom stereocenters. The number of aromatic hydroxyl groups is 1. The summed E-state index contributed by atoms with van der Waals surface area (Å²) in [5.74, 6) is -0.936. The standard InChI is InChI=1S/C14H18N2O4/c1-2-16(10-5-3-6-11(17)9-10)13(20)15-14(12(18)19)7-4-8-14/h3,5-6,9,17H,2,4,7-8H2,1H3,(H,15,20)(H,18,19). The van der Waals surface area contributed by atoms with Gasteiger partial charge in [0.1, 0.15) is 11.3 Å². The lowest BCUT2D eigenvalue weighted by molar-refractivity contribution is -0.148. The normalized spacial score (nSPS) is 16.1. The number of aliphatic carboxylic acids is 1. The lowest BCUT2D eigenvalue weighted by atomic mass is 9.77. The van der Waals surface area contributed by atoms with Gasteiger partial charge in [0.25, 0.3) is 0 Å². The molecule has 3 N–H and O–H groups in total. The molecule has 2 rings (SSSR count). The van der Waals surface area contributed by atoms with Crippen LogP contribution in [0.5, 0.6) is 5.75 Å². The topological polar surface area (TPSA) is 89.9 Å². The van der Waals surface area contributed by atoms with Crippen LogP contribution in [0.3, 0.4) is 0 Å². The van der Waals surface area contributed by atoms with Crippen molar-refractivity contribution in [3.8, 4) is 5.75 Å². The average molecular weight is 278 g/mol. The number of phenols is 1. The molecule has 0 saturated heterocycles. The molecule has 1 fully saturated rings. The van der Waals surface area contributed by atoms with Gasteiger partial charge in [0, 0.05) is 18.3 Å². The van der Waals surface area contributed by atoms with E-state index in [9.17, 15) is 19.8 Å². The molecule has 20 heavy (non-hydrogen) atoms. The van der Waals surface area contributed by atoms with Crippen LogP contribution in [-0.2, 0) is 4.79 Å². The number of nitrogens with one attached hydrogen (secondary N) is 1. The number of nitrogens with zero attached hydrogens (tertiary/aromatic N) is 1. The summed E-state index contributed by atoms with van der Waals surface area (Å²) in [4.78, 5) is 24.9. The number of benzene rings is 1. The predicted molar refractivity (Wildman–Crippen MR) is 73.9 cm³/mol. The molecule has 0 unspecified atom stereocenters. The molecule has 0 bridgehead atoms. The Morgan fingerprint density at radius 3 is 2.55 bits per heavy atom. The van der Waals surface area contributed by atoms with Gasteiger partial charge in [-0.25, -0.2) is 9.59 Å². The number of amides is 2. The Balaban J connectivity index is 2.16. The highest BCUT2D eigenvalue weighted by Crippen LogP contribution is 2.32. The lowest BCUT2D eigenvalue weighted by Gasteiger charge is -2.39. The van der Waals surface area contributed by atoms with Crippen molar-refractivity contribution in [2.24, 2.45) is 0 Å². The molecule has 0 heterocycles. The Labute approximate surface area is 117 Å². The zero-order chi connectivity index (χ0) is 14.8. The minimum atomic E-state index is -1.14. The number of urea groups is 1. The zero-order valence-electron chi connectivity index (χ0n) is 11.3. The lowest BCUT2D eigenvalue weighted by Crippen LogP contribution is -2.61. The first-order valence-electron chi connectivity index (χ1n) is 6.60. The van der Waals surface area contributed by atoms with E-state index in [2.05, 4.69) is 5.32 Å². The SMILES string of the molecule is CCN(C(=O)NC1(C(=O)O)CCC1)c1cccc(O)c1. The first kappa shape index (κ1) is 14.2. The van der Waals surface area contributed by atoms with Crippen molar-refractivity contribution in [3.05, 3.63) is 24.3 Å². The predicted octanol–water partition coefficient (Wildman–Crippen LogP) is 1.94. The van der Waals surface area contributed by atoms with Crippen molar-refractivity contribution in [2.75, 3.05) is 11.4 Å². The van der Waals surface area contributed by atoms with E-state index in [-0.39, 0.29) is 5.75 Å². The monoisotopic (exact) mass is 278 g/mol. The summed E-state index contributed by atoms with van der Waals surface area (Å²) in [6.45, 7) is 2.17. The van der Waals surface area contributed by atoms with E-state index in [4.69, 9.17) is 0 Å². The summed E-state index contributed by atoms with van der Waals surface area (Å²) in [6.07, 6.45) is 1.70. The van der Waals surface area contributed by atoms with Crippen LogP contribution in [0.4, 0.5) is 10.5 Å². The Morgan fingerprint density at radius 1 is 1.40 bits per heavy atom. The molecule has 1 aliphatic carbocycles. The maximum atomic E-state index is 12.3. The van der Waals surface area contributed by atoms with Crippen LogP contribution in [0.1, 0.15) is 26.2 Å². The molecule has 2 amide bonds. The molecule has 1 aromatic rings. The second-order valence-electron chi connectivity index (χ2n) is 4.94. The number of anilines is 1. The fourth-order valence-corrected chi connectivity index (χ4v) is 2.30. The van der Waals surface area contributed by atoms with Crippen LogP contribution >= 0.6 is 0 Å². The summed E-state index contributed by atoms with van der Waals surface area (Å²) in [7, 11) is 0.